The largest absolute Gasteiger partial charge is 0.345 e. The van der Waals surface area contributed by atoms with E-state index in [1.807, 2.05) is 32.0 Å². The third-order valence-corrected chi connectivity index (χ3v) is 4.20. The summed E-state index contributed by atoms with van der Waals surface area (Å²) < 4.78 is 5.22. The fraction of sp³-hybridized carbons (Fsp3) is 0.167. The Morgan fingerprint density at radius 3 is 2.88 bits per heavy atom. The molecule has 0 amide bonds. The first kappa shape index (κ1) is 12.1. The van der Waals surface area contributed by atoms with Crippen molar-refractivity contribution in [3.63, 3.8) is 0 Å². The van der Waals surface area contributed by atoms with Crippen LogP contribution in [0, 0.1) is 25.2 Å². The van der Waals surface area contributed by atoms with Crippen molar-refractivity contribution >= 4 is 38.2 Å². The zero-order valence-corrected chi connectivity index (χ0v) is 11.8. The summed E-state index contributed by atoms with van der Waals surface area (Å²) in [6.07, 6.45) is 0. The van der Waals surface area contributed by atoms with E-state index in [2.05, 4.69) is 31.7 Å². The van der Waals surface area contributed by atoms with Crippen molar-refractivity contribution in [3.05, 3.63) is 39.5 Å². The van der Waals surface area contributed by atoms with Gasteiger partial charge < -0.3 is 5.32 Å². The Morgan fingerprint density at radius 2 is 2.18 bits per heavy atom. The van der Waals surface area contributed by atoms with Gasteiger partial charge in [-0.25, -0.2) is 0 Å². The van der Waals surface area contributed by atoms with E-state index in [0.717, 1.165) is 26.4 Å². The summed E-state index contributed by atoms with van der Waals surface area (Å²) in [7, 11) is 0. The molecular weight excluding hydrogens is 298 g/mol. The highest BCUT2D eigenvalue weighted by Gasteiger charge is 2.11. The molecule has 0 aliphatic carbocycles. The van der Waals surface area contributed by atoms with E-state index >= 15 is 0 Å². The molecule has 1 aromatic heterocycles. The molecule has 0 aliphatic rings. The molecule has 0 spiro atoms. The highest BCUT2D eigenvalue weighted by molar-refractivity contribution is 9.10. The van der Waals surface area contributed by atoms with Crippen LogP contribution in [-0.4, -0.2) is 4.37 Å². The number of hydrogen-bond donors (Lipinski definition) is 1. The smallest absolute Gasteiger partial charge is 0.132 e. The molecule has 0 unspecified atom stereocenters. The van der Waals surface area contributed by atoms with Gasteiger partial charge in [0.1, 0.15) is 16.6 Å². The van der Waals surface area contributed by atoms with E-state index in [1.54, 1.807) is 0 Å². The molecule has 17 heavy (non-hydrogen) atoms. The number of aromatic nitrogens is 1. The van der Waals surface area contributed by atoms with Crippen LogP contribution >= 0.6 is 27.5 Å². The van der Waals surface area contributed by atoms with Crippen molar-refractivity contribution in [2.24, 2.45) is 0 Å². The van der Waals surface area contributed by atoms with Gasteiger partial charge >= 0.3 is 0 Å². The summed E-state index contributed by atoms with van der Waals surface area (Å²) in [5, 5.41) is 13.1. The van der Waals surface area contributed by atoms with Crippen molar-refractivity contribution in [3.8, 4) is 6.07 Å². The molecule has 0 bridgehead atoms. The number of rotatable bonds is 2. The zero-order valence-electron chi connectivity index (χ0n) is 9.41. The number of halogens is 1. The second-order valence-corrected chi connectivity index (χ2v) is 5.25. The first-order valence-electron chi connectivity index (χ1n) is 5.02. The van der Waals surface area contributed by atoms with Crippen LogP contribution in [0.4, 0.5) is 10.7 Å². The number of nitrogens with one attached hydrogen (secondary N) is 1. The first-order valence-corrected chi connectivity index (χ1v) is 6.58. The third-order valence-electron chi connectivity index (χ3n) is 2.49. The van der Waals surface area contributed by atoms with E-state index < -0.39 is 0 Å². The zero-order chi connectivity index (χ0) is 12.4. The molecule has 2 aromatic rings. The lowest BCUT2D eigenvalue weighted by molar-refractivity contribution is 1.31. The lowest BCUT2D eigenvalue weighted by Crippen LogP contribution is -1.93. The van der Waals surface area contributed by atoms with Gasteiger partial charge in [-0.3, -0.25) is 0 Å². The fourth-order valence-electron chi connectivity index (χ4n) is 1.45. The van der Waals surface area contributed by atoms with Crippen LogP contribution in [0.1, 0.15) is 16.8 Å². The molecule has 5 heteroatoms. The lowest BCUT2D eigenvalue weighted by Gasteiger charge is -2.08. The Morgan fingerprint density at radius 1 is 1.41 bits per heavy atom. The van der Waals surface area contributed by atoms with Crippen molar-refractivity contribution < 1.29 is 0 Å². The summed E-state index contributed by atoms with van der Waals surface area (Å²) in [6, 6.07) is 8.10. The highest BCUT2D eigenvalue weighted by Crippen LogP contribution is 2.31. The number of nitrogens with zero attached hydrogens (tertiary/aromatic N) is 2. The Balaban J connectivity index is 2.39. The van der Waals surface area contributed by atoms with Gasteiger partial charge in [-0.1, -0.05) is 22.0 Å². The highest BCUT2D eigenvalue weighted by atomic mass is 79.9. The van der Waals surface area contributed by atoms with Crippen molar-refractivity contribution in [2.45, 2.75) is 13.8 Å². The monoisotopic (exact) mass is 307 g/mol. The Labute approximate surface area is 112 Å². The number of hydrogen-bond acceptors (Lipinski definition) is 4. The molecule has 0 aliphatic heterocycles. The molecular formula is C12H10BrN3S. The summed E-state index contributed by atoms with van der Waals surface area (Å²) >= 11 is 4.79. The quantitative estimate of drug-likeness (QED) is 0.907. The maximum absolute atomic E-state index is 9.06. The van der Waals surface area contributed by atoms with Gasteiger partial charge in [0, 0.05) is 10.2 Å². The van der Waals surface area contributed by atoms with Crippen LogP contribution in [0.15, 0.2) is 22.7 Å². The van der Waals surface area contributed by atoms with Crippen LogP contribution < -0.4 is 5.32 Å². The van der Waals surface area contributed by atoms with Crippen LogP contribution in [0.3, 0.4) is 0 Å². The maximum atomic E-state index is 9.06. The van der Waals surface area contributed by atoms with Gasteiger partial charge in [0.15, 0.2) is 0 Å². The van der Waals surface area contributed by atoms with E-state index in [9.17, 15) is 0 Å². The van der Waals surface area contributed by atoms with Gasteiger partial charge in [-0.15, -0.1) is 0 Å². The topological polar surface area (TPSA) is 48.7 Å². The Kier molecular flexibility index (Phi) is 3.46. The minimum absolute atomic E-state index is 0.620. The Bertz CT molecular complexity index is 598. The SMILES string of the molecule is Cc1nsc(Nc2cccc(Br)c2C)c1C#N. The van der Waals surface area contributed by atoms with Crippen LogP contribution in [-0.2, 0) is 0 Å². The molecule has 0 saturated carbocycles. The predicted molar refractivity (Wildman–Crippen MR) is 73.7 cm³/mol. The molecule has 1 heterocycles. The maximum Gasteiger partial charge on any atom is 0.132 e. The molecule has 0 saturated heterocycles. The minimum Gasteiger partial charge on any atom is -0.345 e. The molecule has 0 atom stereocenters. The van der Waals surface area contributed by atoms with Gasteiger partial charge in [0.25, 0.3) is 0 Å². The van der Waals surface area contributed by atoms with Gasteiger partial charge in [0.2, 0.25) is 0 Å². The molecule has 0 radical (unpaired) electrons. The van der Waals surface area contributed by atoms with Crippen LogP contribution in [0.5, 0.6) is 0 Å². The van der Waals surface area contributed by atoms with E-state index in [-0.39, 0.29) is 0 Å². The summed E-state index contributed by atoms with van der Waals surface area (Å²) in [5.74, 6) is 0. The molecule has 1 aromatic carbocycles. The van der Waals surface area contributed by atoms with Crippen molar-refractivity contribution in [2.75, 3.05) is 5.32 Å². The van der Waals surface area contributed by atoms with Gasteiger partial charge in [0.05, 0.1) is 5.69 Å². The number of aryl methyl sites for hydroxylation is 1. The van der Waals surface area contributed by atoms with E-state index in [0.29, 0.717) is 5.56 Å². The molecule has 2 rings (SSSR count). The summed E-state index contributed by atoms with van der Waals surface area (Å²) in [4.78, 5) is 0. The molecule has 0 fully saturated rings. The first-order chi connectivity index (χ1) is 8.13. The summed E-state index contributed by atoms with van der Waals surface area (Å²) in [5.41, 5.74) is 3.49. The fourth-order valence-corrected chi connectivity index (χ4v) is 2.58. The van der Waals surface area contributed by atoms with Crippen LogP contribution in [0.2, 0.25) is 0 Å². The number of anilines is 2. The van der Waals surface area contributed by atoms with Crippen LogP contribution in [0.25, 0.3) is 0 Å². The predicted octanol–water partition coefficient (Wildman–Crippen LogP) is 4.14. The molecule has 3 nitrogen and oxygen atoms in total. The third kappa shape index (κ3) is 2.33. The molecule has 1 N–H and O–H groups in total. The Hall–Kier alpha value is -1.38. The minimum atomic E-state index is 0.620. The number of benzene rings is 1. The van der Waals surface area contributed by atoms with Gasteiger partial charge in [-0.2, -0.15) is 9.64 Å². The average Bonchev–Trinajstić information content (AvgIpc) is 2.66. The molecule has 86 valence electrons. The lowest BCUT2D eigenvalue weighted by atomic mass is 10.2. The van der Waals surface area contributed by atoms with Gasteiger partial charge in [-0.05, 0) is 43.1 Å². The average molecular weight is 308 g/mol. The normalized spacial score (nSPS) is 10.0. The second kappa shape index (κ2) is 4.86. The summed E-state index contributed by atoms with van der Waals surface area (Å²) in [6.45, 7) is 3.86. The standard InChI is InChI=1S/C12H10BrN3S/c1-7-10(13)4-3-5-11(7)15-12-9(6-14)8(2)16-17-12/h3-5,15H,1-2H3. The van der Waals surface area contributed by atoms with E-state index in [1.165, 1.54) is 11.5 Å². The second-order valence-electron chi connectivity index (χ2n) is 3.62. The number of nitriles is 1. The van der Waals surface area contributed by atoms with Crippen molar-refractivity contribution in [1.82, 2.24) is 4.37 Å². The van der Waals surface area contributed by atoms with Crippen molar-refractivity contribution in [1.29, 1.82) is 5.26 Å². The van der Waals surface area contributed by atoms with E-state index in [4.69, 9.17) is 5.26 Å².